The number of rotatable bonds is 24. The fraction of sp³-hybridized carbons (Fsp3) is 0.360. The van der Waals surface area contributed by atoms with Gasteiger partial charge in [0.2, 0.25) is 0 Å². The molecule has 8 bridgehead atoms. The number of benzene rings is 8. The number of hydrogen-bond donors (Lipinski definition) is 0. The van der Waals surface area contributed by atoms with E-state index in [1.165, 1.54) is 0 Å². The summed E-state index contributed by atoms with van der Waals surface area (Å²) < 4.78 is 111. The van der Waals surface area contributed by atoms with E-state index in [0.29, 0.717) is 88.6 Å². The highest BCUT2D eigenvalue weighted by Gasteiger charge is 2.56. The van der Waals surface area contributed by atoms with Gasteiger partial charge in [-0.25, -0.2) is 0 Å². The Hall–Kier alpha value is -11.4. The van der Waals surface area contributed by atoms with Crippen LogP contribution in [0.3, 0.4) is 0 Å². The lowest BCUT2D eigenvalue weighted by Crippen LogP contribution is -2.41. The van der Waals surface area contributed by atoms with Gasteiger partial charge < -0.3 is 75.1 Å². The number of terminal acetylenes is 8. The Morgan fingerprint density at radius 2 is 0.367 bits per heavy atom. The zero-order chi connectivity index (χ0) is 86.1. The first kappa shape index (κ1) is 86.4. The molecular formula is C100H100B4O16. The molecule has 0 unspecified atom stereocenters. The maximum atomic E-state index is 7.03. The van der Waals surface area contributed by atoms with Gasteiger partial charge in [-0.15, -0.1) is 51.4 Å². The van der Waals surface area contributed by atoms with Gasteiger partial charge in [-0.05, 0) is 179 Å². The molecular weight excluding hydrogens is 1500 g/mol. The third kappa shape index (κ3) is 17.0. The fourth-order valence-electron chi connectivity index (χ4n) is 15.7. The van der Waals surface area contributed by atoms with E-state index in [1.54, 1.807) is 0 Å². The maximum absolute atomic E-state index is 7.03. The first-order valence-corrected chi connectivity index (χ1v) is 40.1. The maximum Gasteiger partial charge on any atom is 0.494 e. The Bertz CT molecular complexity index is 4690. The Kier molecular flexibility index (Phi) is 24.7. The van der Waals surface area contributed by atoms with Crippen molar-refractivity contribution in [2.75, 3.05) is 52.9 Å². The monoisotopic (exact) mass is 1600 g/mol. The van der Waals surface area contributed by atoms with Crippen molar-refractivity contribution in [3.8, 4) is 145 Å². The van der Waals surface area contributed by atoms with E-state index in [0.717, 1.165) is 0 Å². The van der Waals surface area contributed by atoms with Gasteiger partial charge >= 0.3 is 28.5 Å². The third-order valence-electron chi connectivity index (χ3n) is 24.6. The van der Waals surface area contributed by atoms with Crippen molar-refractivity contribution in [3.63, 3.8) is 0 Å². The fourth-order valence-corrected chi connectivity index (χ4v) is 15.7. The number of hydrogen-bond acceptors (Lipinski definition) is 16. The summed E-state index contributed by atoms with van der Waals surface area (Å²) in [6.45, 7) is 30.4. The van der Waals surface area contributed by atoms with Crippen molar-refractivity contribution in [3.05, 3.63) is 212 Å². The number of ether oxygens (including phenoxy) is 8. The zero-order valence-electron chi connectivity index (χ0n) is 71.3. The van der Waals surface area contributed by atoms with E-state index in [4.69, 9.17) is 127 Å². The normalized spacial score (nSPS) is 20.1. The smallest absolute Gasteiger partial charge is 0.480 e. The molecule has 0 atom stereocenters. The Morgan fingerprint density at radius 1 is 0.225 bits per heavy atom. The summed E-state index contributed by atoms with van der Waals surface area (Å²) in [6.07, 6.45) is 50.6. The van der Waals surface area contributed by atoms with Crippen LogP contribution in [0.2, 0.25) is 0 Å². The number of fused-ring (bicyclic) bond motifs is 8. The van der Waals surface area contributed by atoms with Gasteiger partial charge in [0, 0.05) is 92.4 Å². The summed E-state index contributed by atoms with van der Waals surface area (Å²) in [5.41, 5.74) is 3.69. The van der Waals surface area contributed by atoms with Crippen LogP contribution in [0.5, 0.6) is 46.0 Å². The van der Waals surface area contributed by atoms with Crippen molar-refractivity contribution in [2.24, 2.45) is 0 Å². The molecule has 120 heavy (non-hydrogen) atoms. The molecule has 0 amide bonds. The van der Waals surface area contributed by atoms with Crippen molar-refractivity contribution >= 4 is 50.3 Å². The zero-order valence-corrected chi connectivity index (χ0v) is 71.3. The van der Waals surface area contributed by atoms with Crippen LogP contribution in [0.25, 0.3) is 0 Å². The van der Waals surface area contributed by atoms with E-state index in [1.807, 2.05) is 208 Å². The molecule has 8 aromatic carbocycles. The van der Waals surface area contributed by atoms with Crippen molar-refractivity contribution < 1.29 is 75.1 Å². The minimum Gasteiger partial charge on any atom is -0.480 e. The molecule has 0 N–H and O–H groups in total. The van der Waals surface area contributed by atoms with Crippen LogP contribution in [0, 0.1) is 98.8 Å². The molecule has 4 aliphatic heterocycles. The van der Waals surface area contributed by atoms with Gasteiger partial charge in [0.1, 0.15) is 98.9 Å². The molecule has 1 aliphatic carbocycles. The average molecular weight is 1600 g/mol. The molecule has 0 spiro atoms. The molecule has 0 saturated carbocycles. The molecule has 20 heteroatoms. The SMILES string of the molecule is C#CCOc1cc(OCC#C)c2cc1C(c1cccc(B3OC(C)(C)C(C)(C)O3)c1)c1cc(c(OCC#C)cc1OCC#C)C(c1cccc(B3OC(C)(C)C(C)(C)O3)c1)c1cc(c(OCC#C)cc1OCC#C)C(c1cccc(B3OC(C)(C)C(C)(C)O3)c1)c1cc(c(OCC#C)cc1OCC#C)C2c1cccc(B2OC(C)(C)C(C)(C)O2)c1. The van der Waals surface area contributed by atoms with Crippen LogP contribution >= 0.6 is 0 Å². The lowest BCUT2D eigenvalue weighted by molar-refractivity contribution is 0.00578. The van der Waals surface area contributed by atoms with Crippen LogP contribution in [0.4, 0.5) is 0 Å². The molecule has 4 fully saturated rings. The van der Waals surface area contributed by atoms with Crippen molar-refractivity contribution in [1.29, 1.82) is 0 Å². The van der Waals surface area contributed by atoms with Crippen LogP contribution in [0.1, 0.15) is 201 Å². The molecule has 4 heterocycles. The Balaban J connectivity index is 1.29. The molecule has 0 radical (unpaired) electrons. The Labute approximate surface area is 710 Å². The van der Waals surface area contributed by atoms with E-state index >= 15 is 0 Å². The largest absolute Gasteiger partial charge is 0.494 e. The standard InChI is InChI=1S/C100H100B4O16/c1-25-45-105-81-61-82(106-46-26-2)74-57-73(81)89(65-37-33-41-69(53-65)101-113-93(9,10)94(11,12)114-101)75-58-76(84(108-48-28-4)62-83(75)107-47-27-3)91(67-39-35-43-71(55-67)103-117-97(17,18)98(19,20)118-103)79-60-80(88(112-52-32-8)64-87(79)111-51-31-7)92(68-40-36-44-72(56-68)104-119-99(21,22)100(23,24)120-104)78-59-77(85(109-49-29-5)63-86(78)110-50-30-6)90(74)66-38-34-42-70(54-66)102-115-95(13,14)96(15,16)116-102/h1-8,33-44,53-64,89-92H,45-52H2,9-24H3. The lowest BCUT2D eigenvalue weighted by Gasteiger charge is -2.32. The highest BCUT2D eigenvalue weighted by Crippen LogP contribution is 2.56. The summed E-state index contributed by atoms with van der Waals surface area (Å²) in [7, 11) is -3.43. The lowest BCUT2D eigenvalue weighted by atomic mass is 9.71. The highest BCUT2D eigenvalue weighted by molar-refractivity contribution is 6.63. The predicted molar refractivity (Wildman–Crippen MR) is 473 cm³/mol. The second-order valence-electron chi connectivity index (χ2n) is 34.4. The molecule has 16 nitrogen and oxygen atoms in total. The molecule has 4 saturated heterocycles. The van der Waals surface area contributed by atoms with Gasteiger partial charge in [0.15, 0.2) is 0 Å². The van der Waals surface area contributed by atoms with E-state index in [-0.39, 0.29) is 98.9 Å². The second kappa shape index (κ2) is 34.4. The van der Waals surface area contributed by atoms with Gasteiger partial charge in [-0.1, -0.05) is 144 Å². The van der Waals surface area contributed by atoms with Crippen LogP contribution in [0.15, 0.2) is 146 Å². The summed E-state index contributed by atoms with van der Waals surface area (Å²) in [6, 6.07) is 47.6. The second-order valence-corrected chi connectivity index (χ2v) is 34.4. The molecule has 5 aliphatic rings. The van der Waals surface area contributed by atoms with Crippen LogP contribution < -0.4 is 59.7 Å². The summed E-state index contributed by atoms with van der Waals surface area (Å²) >= 11 is 0. The van der Waals surface area contributed by atoms with E-state index < -0.39 is 97.0 Å². The summed E-state index contributed by atoms with van der Waals surface area (Å²) in [5.74, 6) is 20.3. The first-order valence-electron chi connectivity index (χ1n) is 40.1. The van der Waals surface area contributed by atoms with Crippen molar-refractivity contribution in [2.45, 2.75) is 179 Å². The summed E-state index contributed by atoms with van der Waals surface area (Å²) in [5, 5.41) is 0. The third-order valence-corrected chi connectivity index (χ3v) is 24.6. The quantitative estimate of drug-likeness (QED) is 0.0417. The van der Waals surface area contributed by atoms with Crippen molar-refractivity contribution in [1.82, 2.24) is 0 Å². The first-order chi connectivity index (χ1) is 57.1. The molecule has 13 rings (SSSR count). The van der Waals surface area contributed by atoms with Gasteiger partial charge in [0.05, 0.1) is 44.8 Å². The average Bonchev–Trinajstić information content (AvgIpc) is 1.03. The molecule has 8 aromatic rings. The van der Waals surface area contributed by atoms with Crippen LogP contribution in [-0.2, 0) is 37.2 Å². The van der Waals surface area contributed by atoms with Gasteiger partial charge in [-0.2, -0.15) is 0 Å². The topological polar surface area (TPSA) is 148 Å². The van der Waals surface area contributed by atoms with Crippen LogP contribution in [-0.4, -0.2) is 126 Å². The van der Waals surface area contributed by atoms with E-state index in [9.17, 15) is 0 Å². The minimum absolute atomic E-state index is 0.222. The Morgan fingerprint density at radius 3 is 0.500 bits per heavy atom. The molecule has 608 valence electrons. The predicted octanol–water partition coefficient (Wildman–Crippen LogP) is 14.0. The van der Waals surface area contributed by atoms with E-state index in [2.05, 4.69) is 95.9 Å². The molecule has 0 aromatic heterocycles. The minimum atomic E-state index is -1.00. The van der Waals surface area contributed by atoms with Gasteiger partial charge in [-0.3, -0.25) is 0 Å². The summed E-state index contributed by atoms with van der Waals surface area (Å²) in [4.78, 5) is 0. The highest BCUT2D eigenvalue weighted by atomic mass is 16.7. The van der Waals surface area contributed by atoms with Gasteiger partial charge in [0.25, 0.3) is 0 Å².